The van der Waals surface area contributed by atoms with Crippen molar-refractivity contribution in [1.29, 1.82) is 0 Å². The van der Waals surface area contributed by atoms with Crippen LogP contribution in [0.4, 0.5) is 13.2 Å². The predicted octanol–water partition coefficient (Wildman–Crippen LogP) is -0.452. The number of aliphatic imine (C=N–C) groups is 2. The fourth-order valence-electron chi connectivity index (χ4n) is 0.542. The molecule has 0 saturated carbocycles. The number of halogens is 3. The number of nitrogens with zero attached hydrogens (tertiary/aromatic N) is 2. The lowest BCUT2D eigenvalue weighted by Crippen LogP contribution is -2.23. The molecule has 0 radical (unpaired) electrons. The molecular formula is C8H17F3N6O2S2. The van der Waals surface area contributed by atoms with Gasteiger partial charge in [-0.25, -0.2) is 4.79 Å². The smallest absolute Gasteiger partial charge is 0.475 e. The highest BCUT2D eigenvalue weighted by Gasteiger charge is 2.38. The number of carboxylic acids is 1. The van der Waals surface area contributed by atoms with Crippen LogP contribution in [0.2, 0.25) is 0 Å². The fraction of sp³-hybridized carbons (Fsp3) is 0.625. The van der Waals surface area contributed by atoms with Gasteiger partial charge in [-0.1, -0.05) is 21.6 Å². The molecule has 0 saturated heterocycles. The Morgan fingerprint density at radius 2 is 1.24 bits per heavy atom. The summed E-state index contributed by atoms with van der Waals surface area (Å²) in [6, 6.07) is 0. The van der Waals surface area contributed by atoms with Gasteiger partial charge in [0.15, 0.2) is 11.9 Å². The van der Waals surface area contributed by atoms with Gasteiger partial charge in [0.05, 0.1) is 13.1 Å². The van der Waals surface area contributed by atoms with Crippen molar-refractivity contribution < 1.29 is 23.1 Å². The van der Waals surface area contributed by atoms with E-state index in [-0.39, 0.29) is 11.9 Å². The Kier molecular flexibility index (Phi) is 12.7. The van der Waals surface area contributed by atoms with Gasteiger partial charge in [-0.05, 0) is 0 Å². The summed E-state index contributed by atoms with van der Waals surface area (Å²) < 4.78 is 31.7. The highest BCUT2D eigenvalue weighted by molar-refractivity contribution is 8.76. The Labute approximate surface area is 127 Å². The molecule has 0 rings (SSSR count). The van der Waals surface area contributed by atoms with E-state index in [0.717, 1.165) is 11.5 Å². The second-order valence-electron chi connectivity index (χ2n) is 3.06. The third-order valence-corrected chi connectivity index (χ3v) is 3.63. The summed E-state index contributed by atoms with van der Waals surface area (Å²) in [6.45, 7) is 1.28. The molecule has 0 aliphatic carbocycles. The van der Waals surface area contributed by atoms with Crippen molar-refractivity contribution in [2.75, 3.05) is 24.6 Å². The summed E-state index contributed by atoms with van der Waals surface area (Å²) in [5, 5.41) is 7.12. The normalized spacial score (nSPS) is 10.0. The predicted molar refractivity (Wildman–Crippen MR) is 80.0 cm³/mol. The van der Waals surface area contributed by atoms with Crippen LogP contribution in [0.5, 0.6) is 0 Å². The van der Waals surface area contributed by atoms with Crippen LogP contribution in [0.15, 0.2) is 9.98 Å². The van der Waals surface area contributed by atoms with E-state index in [1.54, 1.807) is 21.6 Å². The van der Waals surface area contributed by atoms with Crippen LogP contribution in [-0.4, -0.2) is 53.8 Å². The molecule has 0 bridgehead atoms. The van der Waals surface area contributed by atoms with E-state index in [2.05, 4.69) is 9.98 Å². The maximum absolute atomic E-state index is 10.6. The van der Waals surface area contributed by atoms with Crippen LogP contribution in [0.3, 0.4) is 0 Å². The minimum Gasteiger partial charge on any atom is -0.475 e. The standard InChI is InChI=1S/C6H16N6S2.C2HF3O2/c7-5(8)11-1-3-13-14-4-2-12-6(9)10;3-2(4,5)1(6)7/h1-4H2,(H4,7,8,11)(H4,9,10,12);(H,6,7). The van der Waals surface area contributed by atoms with Gasteiger partial charge in [0.25, 0.3) is 0 Å². The molecule has 0 aliphatic heterocycles. The van der Waals surface area contributed by atoms with E-state index in [1.165, 1.54) is 0 Å². The lowest BCUT2D eigenvalue weighted by molar-refractivity contribution is -0.192. The van der Waals surface area contributed by atoms with Crippen molar-refractivity contribution >= 4 is 39.5 Å². The molecule has 0 atom stereocenters. The van der Waals surface area contributed by atoms with Gasteiger partial charge in [-0.3, -0.25) is 9.98 Å². The van der Waals surface area contributed by atoms with Gasteiger partial charge >= 0.3 is 12.1 Å². The van der Waals surface area contributed by atoms with Crippen LogP contribution in [0.1, 0.15) is 0 Å². The van der Waals surface area contributed by atoms with Crippen molar-refractivity contribution in [3.8, 4) is 0 Å². The number of alkyl halides is 3. The first-order chi connectivity index (χ1) is 9.57. The average Bonchev–Trinajstić information content (AvgIpc) is 2.31. The molecule has 0 spiro atoms. The summed E-state index contributed by atoms with van der Waals surface area (Å²) >= 11 is 0. The SMILES string of the molecule is NC(N)=NCCSSCCN=C(N)N.O=C(O)C(F)(F)F. The molecule has 0 aliphatic rings. The van der Waals surface area contributed by atoms with Gasteiger partial charge < -0.3 is 28.0 Å². The first kappa shape index (κ1) is 21.8. The van der Waals surface area contributed by atoms with Crippen LogP contribution < -0.4 is 22.9 Å². The zero-order chi connectivity index (χ0) is 16.9. The maximum Gasteiger partial charge on any atom is 0.490 e. The molecule has 0 aromatic heterocycles. The number of rotatable bonds is 7. The van der Waals surface area contributed by atoms with Crippen LogP contribution in [-0.2, 0) is 4.79 Å². The number of aliphatic carboxylic acids is 1. The highest BCUT2D eigenvalue weighted by Crippen LogP contribution is 2.19. The second-order valence-corrected chi connectivity index (χ2v) is 5.76. The highest BCUT2D eigenvalue weighted by atomic mass is 33.1. The minimum atomic E-state index is -5.08. The molecule has 124 valence electrons. The van der Waals surface area contributed by atoms with Gasteiger partial charge in [-0.2, -0.15) is 13.2 Å². The van der Waals surface area contributed by atoms with Crippen molar-refractivity contribution in [1.82, 2.24) is 0 Å². The molecule has 0 aromatic carbocycles. The van der Waals surface area contributed by atoms with Crippen molar-refractivity contribution in [2.24, 2.45) is 32.9 Å². The first-order valence-corrected chi connectivity index (χ1v) is 7.71. The second kappa shape index (κ2) is 12.3. The molecule has 0 fully saturated rings. The molecule has 0 heterocycles. The van der Waals surface area contributed by atoms with Gasteiger partial charge in [0.2, 0.25) is 0 Å². The zero-order valence-corrected chi connectivity index (χ0v) is 12.5. The third-order valence-electron chi connectivity index (χ3n) is 1.26. The Hall–Kier alpha value is -1.50. The molecule has 8 nitrogen and oxygen atoms in total. The Morgan fingerprint density at radius 3 is 1.43 bits per heavy atom. The molecule has 21 heavy (non-hydrogen) atoms. The Balaban J connectivity index is 0. The van der Waals surface area contributed by atoms with E-state index >= 15 is 0 Å². The number of hydrogen-bond donors (Lipinski definition) is 5. The summed E-state index contributed by atoms with van der Waals surface area (Å²) in [6.07, 6.45) is -5.08. The Bertz CT molecular complexity index is 334. The minimum absolute atomic E-state index is 0.135. The van der Waals surface area contributed by atoms with Crippen molar-refractivity contribution in [2.45, 2.75) is 6.18 Å². The van der Waals surface area contributed by atoms with E-state index in [1.807, 2.05) is 0 Å². The monoisotopic (exact) mass is 350 g/mol. The quantitative estimate of drug-likeness (QED) is 0.178. The van der Waals surface area contributed by atoms with Crippen molar-refractivity contribution in [3.05, 3.63) is 0 Å². The lowest BCUT2D eigenvalue weighted by Gasteiger charge is -1.97. The average molecular weight is 350 g/mol. The summed E-state index contributed by atoms with van der Waals surface area (Å²) in [5.41, 5.74) is 20.6. The Morgan fingerprint density at radius 1 is 0.952 bits per heavy atom. The number of guanidine groups is 2. The molecule has 13 heteroatoms. The summed E-state index contributed by atoms with van der Waals surface area (Å²) in [4.78, 5) is 16.6. The lowest BCUT2D eigenvalue weighted by atomic mass is 10.7. The zero-order valence-electron chi connectivity index (χ0n) is 10.8. The van der Waals surface area contributed by atoms with Crippen molar-refractivity contribution in [3.63, 3.8) is 0 Å². The van der Waals surface area contributed by atoms with Gasteiger partial charge in [0.1, 0.15) is 0 Å². The van der Waals surface area contributed by atoms with Gasteiger partial charge in [0, 0.05) is 11.5 Å². The van der Waals surface area contributed by atoms with E-state index < -0.39 is 12.1 Å². The van der Waals surface area contributed by atoms with E-state index in [4.69, 9.17) is 32.8 Å². The van der Waals surface area contributed by atoms with E-state index in [0.29, 0.717) is 13.1 Å². The van der Waals surface area contributed by atoms with Crippen LogP contribution in [0.25, 0.3) is 0 Å². The van der Waals surface area contributed by atoms with Gasteiger partial charge in [-0.15, -0.1) is 0 Å². The molecule has 0 unspecified atom stereocenters. The molecular weight excluding hydrogens is 333 g/mol. The summed E-state index contributed by atoms with van der Waals surface area (Å²) in [7, 11) is 3.39. The molecule has 0 aromatic rings. The van der Waals surface area contributed by atoms with Crippen LogP contribution in [0, 0.1) is 0 Å². The fourth-order valence-corrected chi connectivity index (χ4v) is 2.26. The largest absolute Gasteiger partial charge is 0.490 e. The number of carbonyl (C=O) groups is 1. The number of hydrogen-bond acceptors (Lipinski definition) is 5. The van der Waals surface area contributed by atoms with E-state index in [9.17, 15) is 13.2 Å². The maximum atomic E-state index is 10.6. The topological polar surface area (TPSA) is 166 Å². The molecule has 9 N–H and O–H groups in total. The third kappa shape index (κ3) is 21.0. The molecule has 0 amide bonds. The summed E-state index contributed by atoms with van der Waals surface area (Å²) in [5.74, 6) is -0.728. The first-order valence-electron chi connectivity index (χ1n) is 5.22. The number of carboxylic acid groups (broad SMARTS) is 1. The number of nitrogens with two attached hydrogens (primary N) is 4. The van der Waals surface area contributed by atoms with Crippen LogP contribution >= 0.6 is 21.6 Å².